The van der Waals surface area contributed by atoms with E-state index in [2.05, 4.69) is 16.3 Å². The Kier molecular flexibility index (Phi) is 2.14. The fourth-order valence-electron chi connectivity index (χ4n) is 1.25. The number of carbonyl (C=O) groups is 1. The van der Waals surface area contributed by atoms with Crippen LogP contribution in [0, 0.1) is 6.33 Å². The Balaban J connectivity index is 2.36. The number of imidazole rings is 1. The van der Waals surface area contributed by atoms with Crippen molar-refractivity contribution < 1.29 is 4.79 Å². The SMILES string of the molecule is CC(=O)c1ccc(-c2cn[c][nH]2)cc1. The van der Waals surface area contributed by atoms with Gasteiger partial charge in [0.05, 0.1) is 11.9 Å². The fourth-order valence-corrected chi connectivity index (χ4v) is 1.25. The Hall–Kier alpha value is -1.90. The van der Waals surface area contributed by atoms with Crippen molar-refractivity contribution in [2.24, 2.45) is 0 Å². The highest BCUT2D eigenvalue weighted by Gasteiger charge is 2.01. The first-order chi connectivity index (χ1) is 6.77. The average Bonchev–Trinajstić information content (AvgIpc) is 2.71. The molecule has 0 saturated heterocycles. The summed E-state index contributed by atoms with van der Waals surface area (Å²) in [6, 6.07) is 7.38. The topological polar surface area (TPSA) is 45.8 Å². The highest BCUT2D eigenvalue weighted by atomic mass is 16.1. The van der Waals surface area contributed by atoms with Crippen LogP contribution in [0.2, 0.25) is 0 Å². The van der Waals surface area contributed by atoms with E-state index in [1.165, 1.54) is 0 Å². The molecule has 69 valence electrons. The number of aromatic amines is 1. The number of H-pyrrole nitrogens is 1. The van der Waals surface area contributed by atoms with Gasteiger partial charge in [0, 0.05) is 5.56 Å². The summed E-state index contributed by atoms with van der Waals surface area (Å²) in [6.07, 6.45) is 4.32. The number of aromatic nitrogens is 2. The number of nitrogens with one attached hydrogen (secondary N) is 1. The van der Waals surface area contributed by atoms with Crippen LogP contribution in [0.4, 0.5) is 0 Å². The summed E-state index contributed by atoms with van der Waals surface area (Å²) in [5.41, 5.74) is 2.63. The average molecular weight is 185 g/mol. The smallest absolute Gasteiger partial charge is 0.174 e. The predicted octanol–water partition coefficient (Wildman–Crippen LogP) is 2.08. The second-order valence-corrected chi connectivity index (χ2v) is 3.04. The zero-order valence-corrected chi connectivity index (χ0v) is 7.74. The number of carbonyl (C=O) groups excluding carboxylic acids is 1. The Bertz CT molecular complexity index is 429. The minimum absolute atomic E-state index is 0.0766. The number of hydrogen-bond acceptors (Lipinski definition) is 2. The van der Waals surface area contributed by atoms with Crippen LogP contribution in [-0.4, -0.2) is 15.8 Å². The van der Waals surface area contributed by atoms with Crippen LogP contribution in [0.5, 0.6) is 0 Å². The summed E-state index contributed by atoms with van der Waals surface area (Å²) in [7, 11) is 0. The number of ketones is 1. The fraction of sp³-hybridized carbons (Fsp3) is 0.0909. The van der Waals surface area contributed by atoms with Gasteiger partial charge in [0.15, 0.2) is 12.1 Å². The van der Waals surface area contributed by atoms with Crippen LogP contribution < -0.4 is 0 Å². The van der Waals surface area contributed by atoms with E-state index in [1.807, 2.05) is 12.1 Å². The van der Waals surface area contributed by atoms with E-state index in [0.29, 0.717) is 0 Å². The lowest BCUT2D eigenvalue weighted by atomic mass is 10.1. The molecule has 1 aromatic heterocycles. The highest BCUT2D eigenvalue weighted by Crippen LogP contribution is 2.16. The summed E-state index contributed by atoms with van der Waals surface area (Å²) >= 11 is 0. The van der Waals surface area contributed by atoms with Crippen molar-refractivity contribution in [2.45, 2.75) is 6.92 Å². The maximum absolute atomic E-state index is 11.0. The third-order valence-electron chi connectivity index (χ3n) is 2.05. The van der Waals surface area contributed by atoms with E-state index in [0.717, 1.165) is 16.8 Å². The molecule has 2 rings (SSSR count). The second-order valence-electron chi connectivity index (χ2n) is 3.04. The van der Waals surface area contributed by atoms with Crippen molar-refractivity contribution in [2.75, 3.05) is 0 Å². The molecular formula is C11H9N2O. The van der Waals surface area contributed by atoms with Crippen LogP contribution in [0.3, 0.4) is 0 Å². The van der Waals surface area contributed by atoms with Crippen molar-refractivity contribution in [1.29, 1.82) is 0 Å². The monoisotopic (exact) mass is 185 g/mol. The van der Waals surface area contributed by atoms with Gasteiger partial charge >= 0.3 is 0 Å². The molecule has 14 heavy (non-hydrogen) atoms. The number of hydrogen-bond donors (Lipinski definition) is 1. The molecule has 3 nitrogen and oxygen atoms in total. The van der Waals surface area contributed by atoms with Crippen molar-refractivity contribution in [1.82, 2.24) is 9.97 Å². The number of benzene rings is 1. The van der Waals surface area contributed by atoms with Gasteiger partial charge in [0.2, 0.25) is 0 Å². The van der Waals surface area contributed by atoms with E-state index in [-0.39, 0.29) is 5.78 Å². The lowest BCUT2D eigenvalue weighted by Crippen LogP contribution is -1.90. The lowest BCUT2D eigenvalue weighted by Gasteiger charge is -1.98. The van der Waals surface area contributed by atoms with Gasteiger partial charge in [-0.2, -0.15) is 0 Å². The van der Waals surface area contributed by atoms with Gasteiger partial charge in [-0.05, 0) is 12.5 Å². The molecule has 1 N–H and O–H groups in total. The zero-order valence-electron chi connectivity index (χ0n) is 7.74. The molecule has 0 unspecified atom stereocenters. The molecule has 0 bridgehead atoms. The van der Waals surface area contributed by atoms with Gasteiger partial charge in [-0.15, -0.1) is 0 Å². The maximum Gasteiger partial charge on any atom is 0.174 e. The quantitative estimate of drug-likeness (QED) is 0.728. The van der Waals surface area contributed by atoms with Gasteiger partial charge in [0.1, 0.15) is 0 Å². The van der Waals surface area contributed by atoms with Crippen LogP contribution >= 0.6 is 0 Å². The first-order valence-electron chi connectivity index (χ1n) is 4.30. The second kappa shape index (κ2) is 3.46. The highest BCUT2D eigenvalue weighted by molar-refractivity contribution is 5.94. The van der Waals surface area contributed by atoms with Gasteiger partial charge in [0.25, 0.3) is 0 Å². The van der Waals surface area contributed by atoms with Crippen LogP contribution in [0.25, 0.3) is 11.3 Å². The Morgan fingerprint density at radius 1 is 1.36 bits per heavy atom. The Morgan fingerprint density at radius 2 is 2.07 bits per heavy atom. The molecule has 1 heterocycles. The standard InChI is InChI=1S/C11H9N2O/c1-8(14)9-2-4-10(5-3-9)11-6-12-7-13-11/h2-6H,1H3,(H,12,13). The molecule has 0 aliphatic rings. The molecule has 1 radical (unpaired) electrons. The van der Waals surface area contributed by atoms with E-state index in [1.54, 1.807) is 25.3 Å². The van der Waals surface area contributed by atoms with Crippen molar-refractivity contribution >= 4 is 5.78 Å². The van der Waals surface area contributed by atoms with E-state index < -0.39 is 0 Å². The molecule has 2 aromatic rings. The number of rotatable bonds is 2. The third-order valence-corrected chi connectivity index (χ3v) is 2.05. The van der Waals surface area contributed by atoms with Crippen molar-refractivity contribution in [3.05, 3.63) is 42.4 Å². The van der Waals surface area contributed by atoms with Gasteiger partial charge in [-0.3, -0.25) is 4.79 Å². The Morgan fingerprint density at radius 3 is 2.57 bits per heavy atom. The first-order valence-corrected chi connectivity index (χ1v) is 4.30. The van der Waals surface area contributed by atoms with Crippen molar-refractivity contribution in [3.63, 3.8) is 0 Å². The molecule has 0 aliphatic heterocycles. The molecular weight excluding hydrogens is 176 g/mol. The summed E-state index contributed by atoms with van der Waals surface area (Å²) < 4.78 is 0. The predicted molar refractivity (Wildman–Crippen MR) is 52.9 cm³/mol. The molecule has 0 aliphatic carbocycles. The summed E-state index contributed by atoms with van der Waals surface area (Å²) in [5.74, 6) is 0.0766. The van der Waals surface area contributed by atoms with Crippen LogP contribution in [0.15, 0.2) is 30.5 Å². The molecule has 0 fully saturated rings. The van der Waals surface area contributed by atoms with E-state index >= 15 is 0 Å². The molecule has 0 atom stereocenters. The normalized spacial score (nSPS) is 10.1. The Labute approximate surface area is 81.8 Å². The molecule has 0 saturated carbocycles. The molecule has 1 aromatic carbocycles. The molecule has 0 spiro atoms. The van der Waals surface area contributed by atoms with E-state index in [4.69, 9.17) is 0 Å². The third kappa shape index (κ3) is 1.57. The van der Waals surface area contributed by atoms with Gasteiger partial charge in [-0.25, -0.2) is 4.98 Å². The van der Waals surface area contributed by atoms with Crippen LogP contribution in [-0.2, 0) is 0 Å². The lowest BCUT2D eigenvalue weighted by molar-refractivity contribution is 0.101. The largest absolute Gasteiger partial charge is 0.335 e. The molecule has 0 amide bonds. The van der Waals surface area contributed by atoms with Gasteiger partial charge in [-0.1, -0.05) is 24.3 Å². The maximum atomic E-state index is 11.0. The van der Waals surface area contributed by atoms with E-state index in [9.17, 15) is 4.79 Å². The summed E-state index contributed by atoms with van der Waals surface area (Å²) in [6.45, 7) is 1.55. The minimum Gasteiger partial charge on any atom is -0.335 e. The number of nitrogens with zero attached hydrogens (tertiary/aromatic N) is 1. The van der Waals surface area contributed by atoms with Gasteiger partial charge < -0.3 is 4.98 Å². The first kappa shape index (κ1) is 8.69. The zero-order chi connectivity index (χ0) is 9.97. The van der Waals surface area contributed by atoms with Crippen LogP contribution in [0.1, 0.15) is 17.3 Å². The minimum atomic E-state index is 0.0766. The number of Topliss-reactive ketones (excluding diaryl/α,β-unsaturated/α-hetero) is 1. The molecule has 3 heteroatoms. The summed E-state index contributed by atoms with van der Waals surface area (Å²) in [5, 5.41) is 0. The van der Waals surface area contributed by atoms with Crippen molar-refractivity contribution in [3.8, 4) is 11.3 Å². The summed E-state index contributed by atoms with van der Waals surface area (Å²) in [4.78, 5) is 17.7.